The fourth-order valence-corrected chi connectivity index (χ4v) is 2.51. The molecule has 2 aromatic carbocycles. The molecule has 0 amide bonds. The number of nitrogen functional groups attached to an aromatic ring is 1. The number of fused-ring (bicyclic) bond motifs is 1. The van der Waals surface area contributed by atoms with Crippen molar-refractivity contribution in [3.63, 3.8) is 0 Å². The van der Waals surface area contributed by atoms with Gasteiger partial charge in [-0.2, -0.15) is 0 Å². The fourth-order valence-electron chi connectivity index (χ4n) is 2.09. The maximum Gasteiger partial charge on any atom is 0.205 e. The molecule has 5 heteroatoms. The molecule has 1 heterocycles. The van der Waals surface area contributed by atoms with Crippen molar-refractivity contribution in [2.45, 2.75) is 6.92 Å². The Morgan fingerprint density at radius 2 is 1.89 bits per heavy atom. The smallest absolute Gasteiger partial charge is 0.205 e. The molecular formula is C14H11Cl2N3. The molecule has 0 radical (unpaired) electrons. The molecule has 3 nitrogen and oxygen atoms in total. The predicted molar refractivity (Wildman–Crippen MR) is 80.2 cm³/mol. The first-order valence-corrected chi connectivity index (χ1v) is 6.52. The third-order valence-electron chi connectivity index (χ3n) is 3.07. The van der Waals surface area contributed by atoms with E-state index in [1.807, 2.05) is 47.9 Å². The number of benzene rings is 2. The summed E-state index contributed by atoms with van der Waals surface area (Å²) in [6, 6.07) is 11.3. The van der Waals surface area contributed by atoms with E-state index in [1.54, 1.807) is 0 Å². The van der Waals surface area contributed by atoms with Crippen molar-refractivity contribution in [1.82, 2.24) is 9.55 Å². The number of nitrogens with two attached hydrogens (primary N) is 1. The minimum atomic E-state index is 0.392. The van der Waals surface area contributed by atoms with Gasteiger partial charge in [0, 0.05) is 5.02 Å². The van der Waals surface area contributed by atoms with Crippen LogP contribution in [0.2, 0.25) is 10.0 Å². The van der Waals surface area contributed by atoms with Crippen molar-refractivity contribution >= 4 is 40.2 Å². The Labute approximate surface area is 120 Å². The van der Waals surface area contributed by atoms with E-state index in [9.17, 15) is 0 Å². The molecule has 0 atom stereocenters. The molecule has 0 aliphatic rings. The van der Waals surface area contributed by atoms with Gasteiger partial charge >= 0.3 is 0 Å². The quantitative estimate of drug-likeness (QED) is 0.729. The zero-order valence-electron chi connectivity index (χ0n) is 10.2. The molecular weight excluding hydrogens is 281 g/mol. The van der Waals surface area contributed by atoms with E-state index in [0.29, 0.717) is 16.0 Å². The zero-order chi connectivity index (χ0) is 13.6. The molecule has 3 rings (SSSR count). The van der Waals surface area contributed by atoms with Gasteiger partial charge in [-0.3, -0.25) is 4.57 Å². The van der Waals surface area contributed by atoms with Gasteiger partial charge < -0.3 is 5.73 Å². The first-order chi connectivity index (χ1) is 9.08. The second-order valence-electron chi connectivity index (χ2n) is 4.35. The van der Waals surface area contributed by atoms with Crippen LogP contribution >= 0.6 is 23.2 Å². The van der Waals surface area contributed by atoms with Crippen LogP contribution in [0.4, 0.5) is 5.95 Å². The van der Waals surface area contributed by atoms with Crippen molar-refractivity contribution in [2.75, 3.05) is 5.73 Å². The number of hydrogen-bond acceptors (Lipinski definition) is 2. The first-order valence-electron chi connectivity index (χ1n) is 5.77. The van der Waals surface area contributed by atoms with Crippen LogP contribution in [-0.4, -0.2) is 9.55 Å². The summed E-state index contributed by atoms with van der Waals surface area (Å²) in [5, 5.41) is 1.30. The molecule has 3 aromatic rings. The molecule has 2 N–H and O–H groups in total. The third kappa shape index (κ3) is 1.95. The molecule has 0 unspecified atom stereocenters. The van der Waals surface area contributed by atoms with Crippen LogP contribution in [0.5, 0.6) is 0 Å². The molecule has 19 heavy (non-hydrogen) atoms. The van der Waals surface area contributed by atoms with Gasteiger partial charge in [-0.25, -0.2) is 4.98 Å². The van der Waals surface area contributed by atoms with Gasteiger partial charge in [0.1, 0.15) is 0 Å². The Bertz CT molecular complexity index is 778. The zero-order valence-corrected chi connectivity index (χ0v) is 11.7. The number of imidazole rings is 1. The lowest BCUT2D eigenvalue weighted by Gasteiger charge is -2.09. The van der Waals surface area contributed by atoms with E-state index in [0.717, 1.165) is 22.3 Å². The molecule has 96 valence electrons. The van der Waals surface area contributed by atoms with E-state index in [1.165, 1.54) is 0 Å². The first kappa shape index (κ1) is 12.3. The average Bonchev–Trinajstić information content (AvgIpc) is 2.70. The monoisotopic (exact) mass is 291 g/mol. The third-order valence-corrected chi connectivity index (χ3v) is 3.78. The molecule has 0 aliphatic heterocycles. The number of anilines is 1. The summed E-state index contributed by atoms with van der Waals surface area (Å²) in [5.74, 6) is 0.392. The standard InChI is InChI=1S/C14H11Cl2N3/c1-8-5-6-9(7-11(8)16)19-13-10(15)3-2-4-12(13)18-14(19)17/h2-7H,1H3,(H2,17,18). The summed E-state index contributed by atoms with van der Waals surface area (Å²) in [7, 11) is 0. The van der Waals surface area contributed by atoms with Crippen molar-refractivity contribution in [2.24, 2.45) is 0 Å². The van der Waals surface area contributed by atoms with Gasteiger partial charge in [0.25, 0.3) is 0 Å². The lowest BCUT2D eigenvalue weighted by Crippen LogP contribution is -2.01. The van der Waals surface area contributed by atoms with E-state index < -0.39 is 0 Å². The molecule has 0 bridgehead atoms. The van der Waals surface area contributed by atoms with Crippen LogP contribution in [0, 0.1) is 6.92 Å². The van der Waals surface area contributed by atoms with Gasteiger partial charge in [0.15, 0.2) is 0 Å². The molecule has 0 aliphatic carbocycles. The Balaban J connectivity index is 2.35. The summed E-state index contributed by atoms with van der Waals surface area (Å²) in [6.45, 7) is 1.95. The summed E-state index contributed by atoms with van der Waals surface area (Å²) >= 11 is 12.4. The molecule has 0 fully saturated rings. The molecule has 0 spiro atoms. The van der Waals surface area contributed by atoms with Gasteiger partial charge in [-0.05, 0) is 36.8 Å². The Kier molecular flexibility index (Phi) is 2.88. The normalized spacial score (nSPS) is 11.1. The topological polar surface area (TPSA) is 43.8 Å². The number of aromatic nitrogens is 2. The minimum Gasteiger partial charge on any atom is -0.369 e. The largest absolute Gasteiger partial charge is 0.369 e. The number of hydrogen-bond donors (Lipinski definition) is 1. The summed E-state index contributed by atoms with van der Waals surface area (Å²) < 4.78 is 1.81. The second kappa shape index (κ2) is 4.44. The number of aryl methyl sites for hydroxylation is 1. The SMILES string of the molecule is Cc1ccc(-n2c(N)nc3cccc(Cl)c32)cc1Cl. The van der Waals surface area contributed by atoms with Crippen LogP contribution in [-0.2, 0) is 0 Å². The van der Waals surface area contributed by atoms with Crippen LogP contribution in [0.25, 0.3) is 16.7 Å². The Hall–Kier alpha value is -1.71. The Morgan fingerprint density at radius 1 is 1.11 bits per heavy atom. The van der Waals surface area contributed by atoms with Crippen molar-refractivity contribution in [3.8, 4) is 5.69 Å². The maximum atomic E-state index is 6.25. The van der Waals surface area contributed by atoms with Crippen LogP contribution in [0.1, 0.15) is 5.56 Å². The second-order valence-corrected chi connectivity index (χ2v) is 5.16. The lowest BCUT2D eigenvalue weighted by atomic mass is 10.2. The highest BCUT2D eigenvalue weighted by atomic mass is 35.5. The molecule has 0 saturated carbocycles. The van der Waals surface area contributed by atoms with Gasteiger partial charge in [-0.15, -0.1) is 0 Å². The number of rotatable bonds is 1. The maximum absolute atomic E-state index is 6.25. The number of halogens is 2. The highest BCUT2D eigenvalue weighted by Gasteiger charge is 2.13. The van der Waals surface area contributed by atoms with Crippen LogP contribution < -0.4 is 5.73 Å². The van der Waals surface area contributed by atoms with Gasteiger partial charge in [-0.1, -0.05) is 35.3 Å². The molecule has 1 aromatic heterocycles. The van der Waals surface area contributed by atoms with Gasteiger partial charge in [0.05, 0.1) is 21.7 Å². The van der Waals surface area contributed by atoms with E-state index in [-0.39, 0.29) is 0 Å². The summed E-state index contributed by atoms with van der Waals surface area (Å²) in [5.41, 5.74) is 9.42. The highest BCUT2D eigenvalue weighted by molar-refractivity contribution is 6.35. The number of para-hydroxylation sites is 1. The van der Waals surface area contributed by atoms with E-state index >= 15 is 0 Å². The van der Waals surface area contributed by atoms with Crippen LogP contribution in [0.3, 0.4) is 0 Å². The Morgan fingerprint density at radius 3 is 2.63 bits per heavy atom. The van der Waals surface area contributed by atoms with Crippen molar-refractivity contribution in [3.05, 3.63) is 52.0 Å². The fraction of sp³-hybridized carbons (Fsp3) is 0.0714. The van der Waals surface area contributed by atoms with Crippen molar-refractivity contribution < 1.29 is 0 Å². The van der Waals surface area contributed by atoms with Crippen molar-refractivity contribution in [1.29, 1.82) is 0 Å². The average molecular weight is 292 g/mol. The summed E-state index contributed by atoms with van der Waals surface area (Å²) in [6.07, 6.45) is 0. The summed E-state index contributed by atoms with van der Waals surface area (Å²) in [4.78, 5) is 4.32. The van der Waals surface area contributed by atoms with Crippen LogP contribution in [0.15, 0.2) is 36.4 Å². The molecule has 0 saturated heterocycles. The minimum absolute atomic E-state index is 0.392. The van der Waals surface area contributed by atoms with Gasteiger partial charge in [0.2, 0.25) is 5.95 Å². The van der Waals surface area contributed by atoms with E-state index in [2.05, 4.69) is 4.98 Å². The lowest BCUT2D eigenvalue weighted by molar-refractivity contribution is 1.11. The van der Waals surface area contributed by atoms with E-state index in [4.69, 9.17) is 28.9 Å². The number of nitrogens with zero attached hydrogens (tertiary/aromatic N) is 2. The highest BCUT2D eigenvalue weighted by Crippen LogP contribution is 2.30. The predicted octanol–water partition coefficient (Wildman–Crippen LogP) is 4.22.